The minimum Gasteiger partial charge on any atom is -0.310 e. The molecule has 0 fully saturated rings. The molecule has 0 radical (unpaired) electrons. The van der Waals surface area contributed by atoms with Gasteiger partial charge in [0.1, 0.15) is 0 Å². The predicted octanol–water partition coefficient (Wildman–Crippen LogP) is 15.9. The summed E-state index contributed by atoms with van der Waals surface area (Å²) in [5, 5.41) is 1.29. The molecule has 3 aliphatic rings. The van der Waals surface area contributed by atoms with E-state index >= 15 is 0 Å². The van der Waals surface area contributed by atoms with Gasteiger partial charge in [-0.1, -0.05) is 206 Å². The van der Waals surface area contributed by atoms with Crippen molar-refractivity contribution in [3.63, 3.8) is 0 Å². The number of benzene rings is 8. The summed E-state index contributed by atoms with van der Waals surface area (Å²) in [5.74, 6) is 0.947. The Balaban J connectivity index is 0.876. The van der Waals surface area contributed by atoms with E-state index in [0.29, 0.717) is 0 Å². The molecule has 3 nitrogen and oxygen atoms in total. The van der Waals surface area contributed by atoms with Crippen LogP contribution >= 0.6 is 0 Å². The Labute approximate surface area is 397 Å². The summed E-state index contributed by atoms with van der Waals surface area (Å²) in [6.45, 7) is 0. The van der Waals surface area contributed by atoms with Crippen LogP contribution in [0.3, 0.4) is 0 Å². The summed E-state index contributed by atoms with van der Waals surface area (Å²) in [7, 11) is 0. The highest BCUT2D eigenvalue weighted by molar-refractivity contribution is 5.94. The van der Waals surface area contributed by atoms with Gasteiger partial charge in [0.15, 0.2) is 5.82 Å². The standard InChI is InChI=1S/C65H47N3/c1-5-19-45(20-6-1)59-43-60(46-21-7-2-8-22-46)67-64(66-59)49-24-17-23-47(41-49)48-37-40-62-57(42-48)55-30-14-16-34-61(55)68(62)52-38-35-44(36-39-52)53-31-18-32-56-54-29-13-15-33-58(54)65(63(53)56,50-25-9-3-10-26-50)51-27-11-4-12-28-51/h1,3-7,9-41,43,48H,2,8,42H2. The van der Waals surface area contributed by atoms with Crippen LogP contribution in [0, 0.1) is 0 Å². The number of allylic oxidation sites excluding steroid dienone is 5. The fourth-order valence-corrected chi connectivity index (χ4v) is 11.4. The summed E-state index contributed by atoms with van der Waals surface area (Å²) < 4.78 is 2.46. The fourth-order valence-electron chi connectivity index (χ4n) is 11.4. The van der Waals surface area contributed by atoms with Gasteiger partial charge in [-0.2, -0.15) is 0 Å². The Morgan fingerprint density at radius 3 is 1.94 bits per heavy atom. The molecule has 0 saturated carbocycles. The third-order valence-electron chi connectivity index (χ3n) is 14.5. The largest absolute Gasteiger partial charge is 0.310 e. The Kier molecular flexibility index (Phi) is 9.68. The normalized spacial score (nSPS) is 15.4. The van der Waals surface area contributed by atoms with Crippen LogP contribution in [0.15, 0.2) is 237 Å². The molecule has 322 valence electrons. The first-order valence-electron chi connectivity index (χ1n) is 23.9. The van der Waals surface area contributed by atoms with Crippen molar-refractivity contribution in [2.45, 2.75) is 30.6 Å². The molecule has 13 rings (SSSR count). The summed E-state index contributed by atoms with van der Waals surface area (Å²) in [6.07, 6.45) is 14.5. The van der Waals surface area contributed by atoms with Crippen LogP contribution in [0.1, 0.15) is 63.5 Å². The van der Waals surface area contributed by atoms with E-state index in [1.165, 1.54) is 72.2 Å². The monoisotopic (exact) mass is 869 g/mol. The Morgan fingerprint density at radius 2 is 1.16 bits per heavy atom. The zero-order valence-corrected chi connectivity index (χ0v) is 37.6. The van der Waals surface area contributed by atoms with Crippen molar-refractivity contribution in [1.82, 2.24) is 14.5 Å². The second-order valence-corrected chi connectivity index (χ2v) is 18.3. The molecular weight excluding hydrogens is 823 g/mol. The lowest BCUT2D eigenvalue weighted by Gasteiger charge is -2.35. The summed E-state index contributed by atoms with van der Waals surface area (Å²) in [4.78, 5) is 10.4. The van der Waals surface area contributed by atoms with Gasteiger partial charge in [0.25, 0.3) is 0 Å². The number of nitrogens with zero attached hydrogens (tertiary/aromatic N) is 3. The zero-order chi connectivity index (χ0) is 45.0. The first kappa shape index (κ1) is 39.9. The quantitative estimate of drug-likeness (QED) is 0.152. The second kappa shape index (κ2) is 16.5. The summed E-state index contributed by atoms with van der Waals surface area (Å²) >= 11 is 0. The topological polar surface area (TPSA) is 30.7 Å². The van der Waals surface area contributed by atoms with Crippen LogP contribution in [0.5, 0.6) is 0 Å². The van der Waals surface area contributed by atoms with Crippen molar-refractivity contribution in [2.75, 3.05) is 0 Å². The number of hydrogen-bond acceptors (Lipinski definition) is 2. The van der Waals surface area contributed by atoms with Crippen LogP contribution in [0.4, 0.5) is 0 Å². The Morgan fingerprint density at radius 1 is 0.500 bits per heavy atom. The lowest BCUT2D eigenvalue weighted by molar-refractivity contribution is 0.770. The number of rotatable bonds is 8. The molecule has 0 N–H and O–H groups in total. The molecule has 1 unspecified atom stereocenters. The highest BCUT2D eigenvalue weighted by atomic mass is 15.0. The molecule has 3 heteroatoms. The average Bonchev–Trinajstić information content (AvgIpc) is 3.92. The van der Waals surface area contributed by atoms with E-state index in [9.17, 15) is 0 Å². The maximum absolute atomic E-state index is 5.19. The lowest BCUT2D eigenvalue weighted by atomic mass is 9.66. The Hall–Kier alpha value is -8.40. The SMILES string of the molecule is C1=CC(c2cc(-c3ccccc3)nc(-c3cccc(C4C=Cc5c(c6ccccc6n5-c5ccc(-c6cccc7c6C(c6ccccc6)(c6ccccc6)c6ccccc6-7)cc5)C4)c3)n2)=CCC1. The van der Waals surface area contributed by atoms with Crippen molar-refractivity contribution < 1.29 is 0 Å². The minimum atomic E-state index is -0.479. The fraction of sp³-hybridized carbons (Fsp3) is 0.0769. The van der Waals surface area contributed by atoms with E-state index < -0.39 is 5.41 Å². The molecule has 0 saturated heterocycles. The van der Waals surface area contributed by atoms with Gasteiger partial charge in [0, 0.05) is 33.8 Å². The Bertz CT molecular complexity index is 3590. The first-order chi connectivity index (χ1) is 33.7. The summed E-state index contributed by atoms with van der Waals surface area (Å²) in [6, 6.07) is 77.7. The molecule has 0 bridgehead atoms. The van der Waals surface area contributed by atoms with Gasteiger partial charge in [-0.05, 0) is 117 Å². The van der Waals surface area contributed by atoms with Crippen LogP contribution in [0.25, 0.3) is 73.1 Å². The number of para-hydroxylation sites is 1. The van der Waals surface area contributed by atoms with Gasteiger partial charge in [0.2, 0.25) is 0 Å². The molecule has 3 aliphatic carbocycles. The lowest BCUT2D eigenvalue weighted by Crippen LogP contribution is -2.29. The van der Waals surface area contributed by atoms with Crippen molar-refractivity contribution >= 4 is 22.6 Å². The molecule has 8 aromatic carbocycles. The van der Waals surface area contributed by atoms with Gasteiger partial charge in [0.05, 0.1) is 22.3 Å². The number of aromatic nitrogens is 3. The third-order valence-corrected chi connectivity index (χ3v) is 14.5. The molecule has 1 atom stereocenters. The van der Waals surface area contributed by atoms with E-state index in [2.05, 4.69) is 247 Å². The van der Waals surface area contributed by atoms with Gasteiger partial charge < -0.3 is 4.57 Å². The zero-order valence-electron chi connectivity index (χ0n) is 37.6. The van der Waals surface area contributed by atoms with Crippen molar-refractivity contribution in [2.24, 2.45) is 0 Å². The van der Waals surface area contributed by atoms with Crippen LogP contribution in [-0.4, -0.2) is 14.5 Å². The van der Waals surface area contributed by atoms with Gasteiger partial charge in [-0.15, -0.1) is 0 Å². The van der Waals surface area contributed by atoms with E-state index in [1.54, 1.807) is 0 Å². The molecule has 2 aromatic heterocycles. The molecule has 10 aromatic rings. The second-order valence-electron chi connectivity index (χ2n) is 18.3. The van der Waals surface area contributed by atoms with Gasteiger partial charge in [-0.25, -0.2) is 9.97 Å². The third kappa shape index (κ3) is 6.49. The highest BCUT2D eigenvalue weighted by Gasteiger charge is 2.47. The molecule has 0 amide bonds. The summed E-state index contributed by atoms with van der Waals surface area (Å²) in [5.41, 5.74) is 21.2. The van der Waals surface area contributed by atoms with Gasteiger partial charge >= 0.3 is 0 Å². The molecule has 68 heavy (non-hydrogen) atoms. The van der Waals surface area contributed by atoms with Crippen molar-refractivity contribution in [1.29, 1.82) is 0 Å². The van der Waals surface area contributed by atoms with Crippen LogP contribution < -0.4 is 0 Å². The number of hydrogen-bond donors (Lipinski definition) is 0. The first-order valence-corrected chi connectivity index (χ1v) is 23.9. The molecule has 0 aliphatic heterocycles. The molecule has 2 heterocycles. The highest BCUT2D eigenvalue weighted by Crippen LogP contribution is 2.58. The number of fused-ring (bicyclic) bond motifs is 6. The maximum atomic E-state index is 5.19. The van der Waals surface area contributed by atoms with Crippen LogP contribution in [-0.2, 0) is 11.8 Å². The van der Waals surface area contributed by atoms with Crippen LogP contribution in [0.2, 0.25) is 0 Å². The molecular formula is C65H47N3. The minimum absolute atomic E-state index is 0.198. The van der Waals surface area contributed by atoms with E-state index in [1.807, 2.05) is 0 Å². The molecule has 0 spiro atoms. The van der Waals surface area contributed by atoms with Crippen molar-refractivity contribution in [3.05, 3.63) is 281 Å². The van der Waals surface area contributed by atoms with E-state index in [4.69, 9.17) is 9.97 Å². The smallest absolute Gasteiger partial charge is 0.160 e. The predicted molar refractivity (Wildman–Crippen MR) is 281 cm³/mol. The van der Waals surface area contributed by atoms with E-state index in [-0.39, 0.29) is 5.92 Å². The average molecular weight is 870 g/mol. The van der Waals surface area contributed by atoms with Crippen molar-refractivity contribution in [3.8, 4) is 50.6 Å². The van der Waals surface area contributed by atoms with E-state index in [0.717, 1.165) is 58.9 Å². The maximum Gasteiger partial charge on any atom is 0.160 e. The van der Waals surface area contributed by atoms with Gasteiger partial charge in [-0.3, -0.25) is 0 Å².